The van der Waals surface area contributed by atoms with Gasteiger partial charge in [0.2, 0.25) is 5.91 Å². The van der Waals surface area contributed by atoms with Gasteiger partial charge in [0.1, 0.15) is 5.60 Å². The molecule has 0 aliphatic heterocycles. The van der Waals surface area contributed by atoms with Crippen LogP contribution in [-0.4, -0.2) is 79.2 Å². The van der Waals surface area contributed by atoms with Gasteiger partial charge in [0, 0.05) is 39.3 Å². The Bertz CT molecular complexity index is 2160. The Balaban J connectivity index is 0.00000580. The number of carbonyl (C=O) groups is 3. The van der Waals surface area contributed by atoms with Crippen LogP contribution >= 0.6 is 12.4 Å². The Labute approximate surface area is 329 Å². The van der Waals surface area contributed by atoms with Gasteiger partial charge in [-0.25, -0.2) is 4.79 Å². The summed E-state index contributed by atoms with van der Waals surface area (Å²) in [5.74, 6) is -0.456. The summed E-state index contributed by atoms with van der Waals surface area (Å²) >= 11 is 0. The molecule has 0 spiro atoms. The number of carbonyl (C=O) groups excluding carboxylic acids is 3. The second kappa shape index (κ2) is 18.9. The maximum atomic E-state index is 13.7. The molecule has 0 radical (unpaired) electrons. The number of amides is 2. The molecule has 0 heterocycles. The SMILES string of the molecule is CCOC(=O)CN(CCNC(=O)CN(CCNC(=O)OC(C)(C)C)Cc1c2ccccc2cc2ccccc12)Cc1c2ccccc2cc2ccccc12.Cl. The number of alkyl carbamates (subject to hydrolysis) is 1. The Morgan fingerprint density at radius 3 is 1.42 bits per heavy atom. The molecule has 0 aliphatic rings. The molecule has 2 amide bonds. The average molecular weight is 763 g/mol. The van der Waals surface area contributed by atoms with Gasteiger partial charge in [-0.05, 0) is 94.0 Å². The average Bonchev–Trinajstić information content (AvgIpc) is 3.13. The van der Waals surface area contributed by atoms with Gasteiger partial charge in [-0.2, -0.15) is 0 Å². The molecular weight excluding hydrogens is 712 g/mol. The van der Waals surface area contributed by atoms with E-state index in [9.17, 15) is 14.4 Å². The summed E-state index contributed by atoms with van der Waals surface area (Å²) in [4.78, 5) is 43.1. The first-order valence-corrected chi connectivity index (χ1v) is 18.7. The van der Waals surface area contributed by atoms with Gasteiger partial charge in [-0.1, -0.05) is 97.1 Å². The van der Waals surface area contributed by atoms with E-state index in [1.54, 1.807) is 6.92 Å². The Kier molecular flexibility index (Phi) is 14.1. The van der Waals surface area contributed by atoms with Crippen molar-refractivity contribution in [1.82, 2.24) is 20.4 Å². The number of rotatable bonds is 15. The summed E-state index contributed by atoms with van der Waals surface area (Å²) in [5, 5.41) is 15.0. The third kappa shape index (κ3) is 10.9. The number of nitrogens with one attached hydrogen (secondary N) is 2. The Morgan fingerprint density at radius 1 is 0.600 bits per heavy atom. The molecule has 2 N–H and O–H groups in total. The number of nitrogens with zero attached hydrogens (tertiary/aromatic N) is 2. The van der Waals surface area contributed by atoms with Crippen LogP contribution in [0.25, 0.3) is 43.1 Å². The van der Waals surface area contributed by atoms with Gasteiger partial charge in [0.15, 0.2) is 0 Å². The standard InChI is InChI=1S/C45H50N4O5.ClH/c1-5-53-43(51)31-49(29-41-38-20-12-8-16-34(38)27-35-17-9-13-21-39(35)41)24-22-46-42(50)30-48(25-23-47-44(52)54-45(2,3)4)28-40-36-18-10-6-14-32(36)26-33-15-7-11-19-37(33)40;/h6-21,26-27H,5,22-25,28-31H2,1-4H3,(H,46,50)(H,47,52);1H. The summed E-state index contributed by atoms with van der Waals surface area (Å²) in [6.07, 6.45) is -0.497. The lowest BCUT2D eigenvalue weighted by Crippen LogP contribution is -2.44. The first-order chi connectivity index (χ1) is 26.1. The molecule has 0 aromatic heterocycles. The highest BCUT2D eigenvalue weighted by molar-refractivity contribution is 6.03. The number of benzene rings is 6. The van der Waals surface area contributed by atoms with Gasteiger partial charge in [-0.15, -0.1) is 12.4 Å². The monoisotopic (exact) mass is 762 g/mol. The molecule has 288 valence electrons. The minimum Gasteiger partial charge on any atom is -0.465 e. The molecule has 0 fully saturated rings. The van der Waals surface area contributed by atoms with E-state index in [0.29, 0.717) is 45.9 Å². The number of esters is 1. The van der Waals surface area contributed by atoms with Gasteiger partial charge in [0.05, 0.1) is 19.7 Å². The molecule has 0 bridgehead atoms. The van der Waals surface area contributed by atoms with Crippen molar-refractivity contribution in [3.8, 4) is 0 Å². The molecule has 0 unspecified atom stereocenters. The van der Waals surface area contributed by atoms with Crippen molar-refractivity contribution >= 4 is 73.5 Å². The summed E-state index contributed by atoms with van der Waals surface area (Å²) in [5.41, 5.74) is 1.63. The highest BCUT2D eigenvalue weighted by Gasteiger charge is 2.20. The van der Waals surface area contributed by atoms with E-state index in [1.165, 1.54) is 0 Å². The topological polar surface area (TPSA) is 100 Å². The Morgan fingerprint density at radius 2 is 1.00 bits per heavy atom. The number of ether oxygens (including phenoxy) is 2. The fourth-order valence-electron chi connectivity index (χ4n) is 7.06. The molecule has 10 heteroatoms. The molecule has 55 heavy (non-hydrogen) atoms. The normalized spacial score (nSPS) is 11.6. The molecule has 0 aliphatic carbocycles. The maximum Gasteiger partial charge on any atom is 0.407 e. The molecule has 0 atom stereocenters. The molecular formula is C45H51ClN4O5. The van der Waals surface area contributed by atoms with Crippen LogP contribution in [0.2, 0.25) is 0 Å². The minimum absolute atomic E-state index is 0. The predicted octanol–water partition coefficient (Wildman–Crippen LogP) is 8.23. The van der Waals surface area contributed by atoms with E-state index in [4.69, 9.17) is 9.47 Å². The Hall–Kier alpha value is -5.22. The lowest BCUT2D eigenvalue weighted by atomic mass is 9.96. The summed E-state index contributed by atoms with van der Waals surface area (Å²) in [6.45, 7) is 10.3. The number of hydrogen-bond donors (Lipinski definition) is 2. The van der Waals surface area contributed by atoms with Crippen molar-refractivity contribution in [1.29, 1.82) is 0 Å². The van der Waals surface area contributed by atoms with Crippen molar-refractivity contribution in [3.63, 3.8) is 0 Å². The molecule has 6 rings (SSSR count). The van der Waals surface area contributed by atoms with Gasteiger partial charge < -0.3 is 20.1 Å². The van der Waals surface area contributed by atoms with Crippen LogP contribution in [0.5, 0.6) is 0 Å². The van der Waals surface area contributed by atoms with Gasteiger partial charge in [0.25, 0.3) is 0 Å². The second-order valence-electron chi connectivity index (χ2n) is 14.6. The van der Waals surface area contributed by atoms with E-state index >= 15 is 0 Å². The molecule has 6 aromatic rings. The van der Waals surface area contributed by atoms with Crippen LogP contribution in [0.4, 0.5) is 4.79 Å². The third-order valence-corrected chi connectivity index (χ3v) is 9.40. The largest absolute Gasteiger partial charge is 0.465 e. The fraction of sp³-hybridized carbons (Fsp3) is 0.311. The summed E-state index contributed by atoms with van der Waals surface area (Å²) < 4.78 is 10.8. The minimum atomic E-state index is -0.618. The van der Waals surface area contributed by atoms with E-state index in [0.717, 1.165) is 54.2 Å². The maximum absolute atomic E-state index is 13.7. The van der Waals surface area contributed by atoms with Crippen molar-refractivity contribution in [2.24, 2.45) is 0 Å². The first kappa shape index (κ1) is 41.0. The third-order valence-electron chi connectivity index (χ3n) is 9.40. The summed E-state index contributed by atoms with van der Waals surface area (Å²) in [7, 11) is 0. The number of fused-ring (bicyclic) bond motifs is 4. The van der Waals surface area contributed by atoms with Crippen LogP contribution < -0.4 is 10.6 Å². The van der Waals surface area contributed by atoms with Crippen molar-refractivity contribution in [2.45, 2.75) is 46.4 Å². The number of hydrogen-bond acceptors (Lipinski definition) is 7. The smallest absolute Gasteiger partial charge is 0.407 e. The van der Waals surface area contributed by atoms with Gasteiger partial charge in [-0.3, -0.25) is 19.4 Å². The van der Waals surface area contributed by atoms with Crippen molar-refractivity contribution < 1.29 is 23.9 Å². The van der Waals surface area contributed by atoms with Crippen LogP contribution in [0.1, 0.15) is 38.8 Å². The highest BCUT2D eigenvalue weighted by atomic mass is 35.5. The highest BCUT2D eigenvalue weighted by Crippen LogP contribution is 2.31. The molecule has 6 aromatic carbocycles. The zero-order valence-corrected chi connectivity index (χ0v) is 32.9. The van der Waals surface area contributed by atoms with Crippen molar-refractivity contribution in [3.05, 3.63) is 120 Å². The predicted molar refractivity (Wildman–Crippen MR) is 225 cm³/mol. The van der Waals surface area contributed by atoms with Crippen LogP contribution in [-0.2, 0) is 32.2 Å². The zero-order valence-electron chi connectivity index (χ0n) is 32.1. The van der Waals surface area contributed by atoms with E-state index in [2.05, 4.69) is 76.2 Å². The first-order valence-electron chi connectivity index (χ1n) is 18.7. The van der Waals surface area contributed by atoms with Gasteiger partial charge >= 0.3 is 12.1 Å². The molecule has 9 nitrogen and oxygen atoms in total. The second-order valence-corrected chi connectivity index (χ2v) is 14.6. The summed E-state index contributed by atoms with van der Waals surface area (Å²) in [6, 6.07) is 37.6. The van der Waals surface area contributed by atoms with Crippen LogP contribution in [0.3, 0.4) is 0 Å². The van der Waals surface area contributed by atoms with Crippen LogP contribution in [0, 0.1) is 0 Å². The lowest BCUT2D eigenvalue weighted by molar-refractivity contribution is -0.144. The van der Waals surface area contributed by atoms with E-state index in [1.807, 2.05) is 74.2 Å². The number of halogens is 1. The lowest BCUT2D eigenvalue weighted by Gasteiger charge is -2.26. The quantitative estimate of drug-likeness (QED) is 0.0804. The van der Waals surface area contributed by atoms with E-state index in [-0.39, 0.29) is 37.4 Å². The molecule has 0 saturated heterocycles. The van der Waals surface area contributed by atoms with Crippen molar-refractivity contribution in [2.75, 3.05) is 45.9 Å². The fourth-order valence-corrected chi connectivity index (χ4v) is 7.06. The van der Waals surface area contributed by atoms with Crippen LogP contribution in [0.15, 0.2) is 109 Å². The molecule has 0 saturated carbocycles. The van der Waals surface area contributed by atoms with E-state index < -0.39 is 11.7 Å². The zero-order chi connectivity index (χ0) is 38.1.